The van der Waals surface area contributed by atoms with Crippen molar-refractivity contribution >= 4 is 5.91 Å². The Morgan fingerprint density at radius 1 is 1.63 bits per heavy atom. The summed E-state index contributed by atoms with van der Waals surface area (Å²) < 4.78 is 7.30. The van der Waals surface area contributed by atoms with Crippen LogP contribution in [-0.2, 0) is 16.1 Å². The Labute approximate surface area is 113 Å². The van der Waals surface area contributed by atoms with Crippen LogP contribution in [0.4, 0.5) is 0 Å². The molecule has 1 aromatic rings. The van der Waals surface area contributed by atoms with Gasteiger partial charge in [-0.2, -0.15) is 5.10 Å². The van der Waals surface area contributed by atoms with Crippen LogP contribution in [0, 0.1) is 0 Å². The maximum Gasteiger partial charge on any atom is 0.236 e. The van der Waals surface area contributed by atoms with Gasteiger partial charge >= 0.3 is 0 Å². The molecule has 6 heteroatoms. The summed E-state index contributed by atoms with van der Waals surface area (Å²) >= 11 is 0. The predicted octanol–water partition coefficient (Wildman–Crippen LogP) is 0.156. The minimum Gasteiger partial charge on any atom is -0.376 e. The highest BCUT2D eigenvalue weighted by Crippen LogP contribution is 2.10. The summed E-state index contributed by atoms with van der Waals surface area (Å²) in [4.78, 5) is 11.8. The lowest BCUT2D eigenvalue weighted by Crippen LogP contribution is -2.45. The average molecular weight is 266 g/mol. The van der Waals surface area contributed by atoms with E-state index >= 15 is 0 Å². The smallest absolute Gasteiger partial charge is 0.236 e. The van der Waals surface area contributed by atoms with Crippen LogP contribution in [-0.4, -0.2) is 47.5 Å². The van der Waals surface area contributed by atoms with Gasteiger partial charge in [0.05, 0.1) is 18.7 Å². The Hall–Kier alpha value is -1.40. The zero-order valence-corrected chi connectivity index (χ0v) is 11.3. The highest BCUT2D eigenvalue weighted by molar-refractivity contribution is 5.81. The highest BCUT2D eigenvalue weighted by Gasteiger charge is 2.18. The summed E-state index contributed by atoms with van der Waals surface area (Å²) in [6.07, 6.45) is 5.99. The van der Waals surface area contributed by atoms with Crippen molar-refractivity contribution in [3.05, 3.63) is 18.5 Å². The van der Waals surface area contributed by atoms with E-state index in [0.29, 0.717) is 6.54 Å². The molecule has 2 atom stereocenters. The summed E-state index contributed by atoms with van der Waals surface area (Å²) in [5.74, 6) is 0.0240. The number of nitrogens with zero attached hydrogens (tertiary/aromatic N) is 2. The number of carbonyl (C=O) groups excluding carboxylic acids is 1. The Balaban J connectivity index is 1.58. The third-order valence-corrected chi connectivity index (χ3v) is 3.27. The van der Waals surface area contributed by atoms with Crippen molar-refractivity contribution in [1.82, 2.24) is 20.4 Å². The standard InChI is InChI=1S/C13H22N4O2/c1-11(14-6-8-17-7-3-5-16-17)13(18)15-10-12-4-2-9-19-12/h3,5,7,11-12,14H,2,4,6,8-10H2,1H3,(H,15,18)/t11-,12+/m0/s1. The van der Waals surface area contributed by atoms with Crippen molar-refractivity contribution in [2.24, 2.45) is 0 Å². The van der Waals surface area contributed by atoms with E-state index in [-0.39, 0.29) is 18.1 Å². The number of ether oxygens (including phenoxy) is 1. The van der Waals surface area contributed by atoms with Crippen LogP contribution >= 0.6 is 0 Å². The Bertz CT molecular complexity index is 374. The van der Waals surface area contributed by atoms with Crippen molar-refractivity contribution in [3.63, 3.8) is 0 Å². The maximum atomic E-state index is 11.8. The molecule has 0 unspecified atom stereocenters. The molecule has 1 aliphatic rings. The quantitative estimate of drug-likeness (QED) is 0.737. The van der Waals surface area contributed by atoms with Gasteiger partial charge in [0.15, 0.2) is 0 Å². The van der Waals surface area contributed by atoms with Crippen molar-refractivity contribution < 1.29 is 9.53 Å². The zero-order chi connectivity index (χ0) is 13.5. The minimum atomic E-state index is -0.197. The summed E-state index contributed by atoms with van der Waals surface area (Å²) in [6, 6.07) is 1.69. The fourth-order valence-electron chi connectivity index (χ4n) is 2.09. The topological polar surface area (TPSA) is 68.2 Å². The fourth-order valence-corrected chi connectivity index (χ4v) is 2.09. The van der Waals surface area contributed by atoms with Crippen molar-refractivity contribution in [3.8, 4) is 0 Å². The molecular weight excluding hydrogens is 244 g/mol. The average Bonchev–Trinajstić information content (AvgIpc) is 3.08. The van der Waals surface area contributed by atoms with Crippen LogP contribution in [0.1, 0.15) is 19.8 Å². The molecule has 0 radical (unpaired) electrons. The van der Waals surface area contributed by atoms with Crippen molar-refractivity contribution in [1.29, 1.82) is 0 Å². The van der Waals surface area contributed by atoms with E-state index in [4.69, 9.17) is 4.74 Å². The predicted molar refractivity (Wildman–Crippen MR) is 71.7 cm³/mol. The second-order valence-electron chi connectivity index (χ2n) is 4.83. The molecule has 0 spiro atoms. The van der Waals surface area contributed by atoms with E-state index < -0.39 is 0 Å². The zero-order valence-electron chi connectivity index (χ0n) is 11.3. The lowest BCUT2D eigenvalue weighted by Gasteiger charge is -2.16. The van der Waals surface area contributed by atoms with Gasteiger partial charge in [-0.1, -0.05) is 0 Å². The van der Waals surface area contributed by atoms with Crippen LogP contribution in [0.5, 0.6) is 0 Å². The van der Waals surface area contributed by atoms with Gasteiger partial charge in [0.2, 0.25) is 5.91 Å². The van der Waals surface area contributed by atoms with Gasteiger partial charge in [-0.3, -0.25) is 9.48 Å². The number of hydrogen-bond donors (Lipinski definition) is 2. The van der Waals surface area contributed by atoms with E-state index in [1.807, 2.05) is 23.9 Å². The van der Waals surface area contributed by atoms with Crippen LogP contribution in [0.3, 0.4) is 0 Å². The molecule has 6 nitrogen and oxygen atoms in total. The number of hydrogen-bond acceptors (Lipinski definition) is 4. The van der Waals surface area contributed by atoms with Gasteiger partial charge in [-0.05, 0) is 25.8 Å². The molecule has 1 aromatic heterocycles. The molecule has 0 bridgehead atoms. The molecular formula is C13H22N4O2. The third kappa shape index (κ3) is 4.65. The van der Waals surface area contributed by atoms with E-state index in [0.717, 1.165) is 32.5 Å². The normalized spacial score (nSPS) is 20.4. The molecule has 106 valence electrons. The first-order valence-corrected chi connectivity index (χ1v) is 6.86. The molecule has 2 N–H and O–H groups in total. The first-order valence-electron chi connectivity index (χ1n) is 6.86. The Morgan fingerprint density at radius 2 is 2.53 bits per heavy atom. The highest BCUT2D eigenvalue weighted by atomic mass is 16.5. The Morgan fingerprint density at radius 3 is 3.21 bits per heavy atom. The van der Waals surface area contributed by atoms with Crippen molar-refractivity contribution in [2.75, 3.05) is 19.7 Å². The maximum absolute atomic E-state index is 11.8. The van der Waals surface area contributed by atoms with Gasteiger partial charge < -0.3 is 15.4 Å². The number of aromatic nitrogens is 2. The first-order chi connectivity index (χ1) is 9.25. The number of rotatable bonds is 7. The lowest BCUT2D eigenvalue weighted by atomic mass is 10.2. The number of nitrogens with one attached hydrogen (secondary N) is 2. The molecule has 1 saturated heterocycles. The minimum absolute atomic E-state index is 0.0240. The number of carbonyl (C=O) groups is 1. The van der Waals surface area contributed by atoms with E-state index in [9.17, 15) is 4.79 Å². The van der Waals surface area contributed by atoms with Crippen LogP contribution in [0.25, 0.3) is 0 Å². The summed E-state index contributed by atoms with van der Waals surface area (Å²) in [5, 5.41) is 10.2. The molecule has 1 aliphatic heterocycles. The van der Waals surface area contributed by atoms with Crippen molar-refractivity contribution in [2.45, 2.75) is 38.5 Å². The van der Waals surface area contributed by atoms with Gasteiger partial charge in [0.25, 0.3) is 0 Å². The molecule has 2 rings (SSSR count). The third-order valence-electron chi connectivity index (χ3n) is 3.27. The summed E-state index contributed by atoms with van der Waals surface area (Å²) in [7, 11) is 0. The molecule has 0 aliphatic carbocycles. The second-order valence-corrected chi connectivity index (χ2v) is 4.83. The van der Waals surface area contributed by atoms with Crippen LogP contribution in [0.15, 0.2) is 18.5 Å². The molecule has 2 heterocycles. The SMILES string of the molecule is C[C@H](NCCn1cccn1)C(=O)NC[C@H]1CCCO1. The molecule has 1 fully saturated rings. The van der Waals surface area contributed by atoms with Gasteiger partial charge in [0, 0.05) is 32.1 Å². The second kappa shape index (κ2) is 7.25. The van der Waals surface area contributed by atoms with Gasteiger partial charge in [0.1, 0.15) is 0 Å². The van der Waals surface area contributed by atoms with Gasteiger partial charge in [-0.15, -0.1) is 0 Å². The molecule has 0 saturated carbocycles. The first kappa shape index (κ1) is 14.0. The summed E-state index contributed by atoms with van der Waals surface area (Å²) in [6.45, 7) is 4.78. The van der Waals surface area contributed by atoms with Crippen LogP contribution < -0.4 is 10.6 Å². The molecule has 19 heavy (non-hydrogen) atoms. The Kier molecular flexibility index (Phi) is 5.35. The van der Waals surface area contributed by atoms with E-state index in [2.05, 4.69) is 15.7 Å². The largest absolute Gasteiger partial charge is 0.376 e. The van der Waals surface area contributed by atoms with Crippen LogP contribution in [0.2, 0.25) is 0 Å². The lowest BCUT2D eigenvalue weighted by molar-refractivity contribution is -0.123. The van der Waals surface area contributed by atoms with E-state index in [1.54, 1.807) is 6.20 Å². The summed E-state index contributed by atoms with van der Waals surface area (Å²) in [5.41, 5.74) is 0. The van der Waals surface area contributed by atoms with E-state index in [1.165, 1.54) is 0 Å². The monoisotopic (exact) mass is 266 g/mol. The molecule has 1 amide bonds. The molecule has 0 aromatic carbocycles. The number of amides is 1. The fraction of sp³-hybridized carbons (Fsp3) is 0.692. The van der Waals surface area contributed by atoms with Gasteiger partial charge in [-0.25, -0.2) is 0 Å².